The van der Waals surface area contributed by atoms with Gasteiger partial charge in [0.05, 0.1) is 35.0 Å². The van der Waals surface area contributed by atoms with E-state index in [2.05, 4.69) is 28.0 Å². The van der Waals surface area contributed by atoms with Crippen LogP contribution in [0, 0.1) is 11.3 Å². The molecule has 0 bridgehead atoms. The summed E-state index contributed by atoms with van der Waals surface area (Å²) in [6.07, 6.45) is 0. The van der Waals surface area contributed by atoms with E-state index in [0.717, 1.165) is 37.4 Å². The van der Waals surface area contributed by atoms with Crippen LogP contribution in [0.15, 0.2) is 66.7 Å². The van der Waals surface area contributed by atoms with E-state index in [9.17, 15) is 5.11 Å². The minimum Gasteiger partial charge on any atom is -0.485 e. The molecule has 0 radical (unpaired) electrons. The molecule has 7 heteroatoms. The molecule has 1 saturated heterocycles. The Hall–Kier alpha value is -2.75. The molecule has 1 N–H and O–H groups in total. The highest BCUT2D eigenvalue weighted by Crippen LogP contribution is 2.38. The van der Waals surface area contributed by atoms with Crippen molar-refractivity contribution in [3.63, 3.8) is 0 Å². The summed E-state index contributed by atoms with van der Waals surface area (Å²) in [4.78, 5) is 4.76. The lowest BCUT2D eigenvalue weighted by atomic mass is 10.0. The summed E-state index contributed by atoms with van der Waals surface area (Å²) >= 11 is 12.9. The number of benzene rings is 3. The molecule has 1 fully saturated rings. The van der Waals surface area contributed by atoms with Crippen molar-refractivity contribution in [2.45, 2.75) is 32.0 Å². The fourth-order valence-electron chi connectivity index (χ4n) is 4.32. The van der Waals surface area contributed by atoms with Crippen LogP contribution in [0.3, 0.4) is 0 Å². The smallest absolute Gasteiger partial charge is 0.126 e. The molecule has 1 aliphatic rings. The minimum atomic E-state index is -0.687. The third-order valence-electron chi connectivity index (χ3n) is 6.21. The maximum Gasteiger partial charge on any atom is 0.126 e. The maximum absolute atomic E-state index is 9.53. The van der Waals surface area contributed by atoms with E-state index in [-0.39, 0.29) is 12.6 Å². The Bertz CT molecular complexity index is 1190. The molecular weight excluding hydrogens is 481 g/mol. The molecule has 0 saturated carbocycles. The van der Waals surface area contributed by atoms with Gasteiger partial charge in [-0.05, 0) is 61.4 Å². The average Bonchev–Trinajstić information content (AvgIpc) is 2.85. The van der Waals surface area contributed by atoms with Crippen LogP contribution in [0.4, 0.5) is 5.69 Å². The van der Waals surface area contributed by atoms with Crippen LogP contribution in [-0.4, -0.2) is 41.8 Å². The number of anilines is 1. The van der Waals surface area contributed by atoms with Gasteiger partial charge in [-0.1, -0.05) is 47.5 Å². The first-order chi connectivity index (χ1) is 16.8. The summed E-state index contributed by atoms with van der Waals surface area (Å²) < 4.78 is 5.90. The molecule has 0 unspecified atom stereocenters. The van der Waals surface area contributed by atoms with Gasteiger partial charge in [0.2, 0.25) is 0 Å². The lowest BCUT2D eigenvalue weighted by Crippen LogP contribution is -2.48. The fourth-order valence-corrected chi connectivity index (χ4v) is 4.72. The third-order valence-corrected chi connectivity index (χ3v) is 6.77. The molecule has 35 heavy (non-hydrogen) atoms. The number of ether oxygens (including phenoxy) is 1. The lowest BCUT2D eigenvalue weighted by Gasteiger charge is -2.43. The van der Waals surface area contributed by atoms with Gasteiger partial charge in [-0.15, -0.1) is 0 Å². The van der Waals surface area contributed by atoms with Gasteiger partial charge in [0.1, 0.15) is 11.4 Å². The van der Waals surface area contributed by atoms with Crippen molar-refractivity contribution in [3.05, 3.63) is 93.5 Å². The second-order valence-corrected chi connectivity index (χ2v) is 10.3. The topological polar surface area (TPSA) is 59.7 Å². The molecule has 0 amide bonds. The van der Waals surface area contributed by atoms with Crippen LogP contribution in [-0.2, 0) is 6.54 Å². The second-order valence-electron chi connectivity index (χ2n) is 9.44. The van der Waals surface area contributed by atoms with Gasteiger partial charge in [0, 0.05) is 37.3 Å². The number of piperazine rings is 1. The van der Waals surface area contributed by atoms with E-state index >= 15 is 0 Å². The molecule has 4 rings (SSSR count). The van der Waals surface area contributed by atoms with Crippen molar-refractivity contribution in [3.8, 4) is 11.8 Å². The zero-order chi connectivity index (χ0) is 25.0. The Morgan fingerprint density at radius 2 is 1.74 bits per heavy atom. The second kappa shape index (κ2) is 10.9. The molecule has 1 atom stereocenters. The molecule has 0 aromatic heterocycles. The molecule has 182 valence electrons. The quantitative estimate of drug-likeness (QED) is 0.418. The van der Waals surface area contributed by atoms with Gasteiger partial charge in [-0.3, -0.25) is 4.90 Å². The Kier molecular flexibility index (Phi) is 7.88. The number of aliphatic hydroxyl groups is 1. The van der Waals surface area contributed by atoms with Gasteiger partial charge < -0.3 is 14.7 Å². The third kappa shape index (κ3) is 6.28. The summed E-state index contributed by atoms with van der Waals surface area (Å²) in [7, 11) is 0. The Labute approximate surface area is 217 Å². The predicted molar refractivity (Wildman–Crippen MR) is 141 cm³/mol. The molecule has 0 spiro atoms. The van der Waals surface area contributed by atoms with Crippen LogP contribution in [0.2, 0.25) is 10.0 Å². The van der Waals surface area contributed by atoms with Gasteiger partial charge in [-0.25, -0.2) is 0 Å². The molecule has 5 nitrogen and oxygen atoms in total. The number of halogens is 2. The maximum atomic E-state index is 9.53. The first-order valence-electron chi connectivity index (χ1n) is 11.6. The van der Waals surface area contributed by atoms with Crippen LogP contribution in [0.5, 0.6) is 5.75 Å². The summed E-state index contributed by atoms with van der Waals surface area (Å²) in [6, 6.07) is 23.7. The van der Waals surface area contributed by atoms with Gasteiger partial charge in [-0.2, -0.15) is 5.26 Å². The summed E-state index contributed by atoms with van der Waals surface area (Å²) in [5, 5.41) is 19.9. The highest BCUT2D eigenvalue weighted by Gasteiger charge is 2.30. The van der Waals surface area contributed by atoms with E-state index in [1.54, 1.807) is 0 Å². The summed E-state index contributed by atoms with van der Waals surface area (Å²) in [5.74, 6) is 0.625. The standard InChI is InChI=1S/C28H29Cl2N3O2/c1-28(2,19-34)35-24-11-12-26(25(30)15-24)33-14-13-32(17-21-5-3-20(16-31)4-6-21)18-27(33)22-7-9-23(29)10-8-22/h3-12,15,27,34H,13-14,17-19H2,1-2H3/t27-/m0/s1. The van der Waals surface area contributed by atoms with Crippen molar-refractivity contribution >= 4 is 28.9 Å². The van der Waals surface area contributed by atoms with Crippen molar-refractivity contribution in [2.24, 2.45) is 0 Å². The number of aliphatic hydroxyl groups excluding tert-OH is 1. The van der Waals surface area contributed by atoms with Crippen molar-refractivity contribution in [1.29, 1.82) is 5.26 Å². The predicted octanol–water partition coefficient (Wildman–Crippen LogP) is 6.08. The van der Waals surface area contributed by atoms with Gasteiger partial charge in [0.15, 0.2) is 0 Å². The Morgan fingerprint density at radius 1 is 1.03 bits per heavy atom. The molecule has 0 aliphatic carbocycles. The van der Waals surface area contributed by atoms with Crippen LogP contribution in [0.1, 0.15) is 36.6 Å². The SMILES string of the molecule is CC(C)(CO)Oc1ccc(N2CCN(Cc3ccc(C#N)cc3)C[C@H]2c2ccc(Cl)cc2)c(Cl)c1. The first kappa shape index (κ1) is 25.3. The normalized spacial score (nSPS) is 16.7. The fraction of sp³-hybridized carbons (Fsp3) is 0.321. The highest BCUT2D eigenvalue weighted by molar-refractivity contribution is 6.33. The minimum absolute atomic E-state index is 0.0811. The van der Waals surface area contributed by atoms with Crippen LogP contribution < -0.4 is 9.64 Å². The number of nitrogens with zero attached hydrogens (tertiary/aromatic N) is 3. The van der Waals surface area contributed by atoms with Gasteiger partial charge in [0.25, 0.3) is 0 Å². The molecule has 3 aromatic rings. The van der Waals surface area contributed by atoms with Crippen molar-refractivity contribution in [2.75, 3.05) is 31.1 Å². The number of hydrogen-bond acceptors (Lipinski definition) is 5. The van der Waals surface area contributed by atoms with Crippen LogP contribution in [0.25, 0.3) is 0 Å². The zero-order valence-corrected chi connectivity index (χ0v) is 21.4. The lowest BCUT2D eigenvalue weighted by molar-refractivity contribution is 0.0413. The molecule has 3 aromatic carbocycles. The highest BCUT2D eigenvalue weighted by atomic mass is 35.5. The van der Waals surface area contributed by atoms with E-state index in [1.165, 1.54) is 5.56 Å². The van der Waals surface area contributed by atoms with E-state index in [0.29, 0.717) is 21.4 Å². The number of rotatable bonds is 7. The van der Waals surface area contributed by atoms with Gasteiger partial charge >= 0.3 is 0 Å². The van der Waals surface area contributed by atoms with E-state index < -0.39 is 5.60 Å². The summed E-state index contributed by atoms with van der Waals surface area (Å²) in [6.45, 7) is 6.86. The Morgan fingerprint density at radius 3 is 2.37 bits per heavy atom. The molecule has 1 heterocycles. The average molecular weight is 510 g/mol. The van der Waals surface area contributed by atoms with Crippen LogP contribution >= 0.6 is 23.2 Å². The van der Waals surface area contributed by atoms with E-state index in [4.69, 9.17) is 33.2 Å². The largest absolute Gasteiger partial charge is 0.485 e. The van der Waals surface area contributed by atoms with E-state index in [1.807, 2.05) is 68.4 Å². The van der Waals surface area contributed by atoms with Crippen molar-refractivity contribution in [1.82, 2.24) is 4.90 Å². The first-order valence-corrected chi connectivity index (χ1v) is 12.4. The monoisotopic (exact) mass is 509 g/mol. The zero-order valence-electron chi connectivity index (χ0n) is 19.9. The number of nitriles is 1. The van der Waals surface area contributed by atoms with Crippen molar-refractivity contribution < 1.29 is 9.84 Å². The molecular formula is C28H29Cl2N3O2. The molecule has 1 aliphatic heterocycles. The Balaban J connectivity index is 1.58. The number of hydrogen-bond donors (Lipinski definition) is 1. The summed E-state index contributed by atoms with van der Waals surface area (Å²) in [5.41, 5.74) is 3.27.